The number of halogens is 1. The SMILES string of the molecule is Cc1nnc(CN=C(NCc2cccs2)NC2CCOc3ccccc32)n1C.I. The van der Waals surface area contributed by atoms with Crippen LogP contribution in [-0.4, -0.2) is 27.3 Å². The first-order valence-corrected chi connectivity index (χ1v) is 10.2. The fourth-order valence-corrected chi connectivity index (χ4v) is 3.78. The molecule has 3 aromatic rings. The second kappa shape index (κ2) is 10.1. The molecule has 1 unspecified atom stereocenters. The van der Waals surface area contributed by atoms with Crippen molar-refractivity contribution >= 4 is 41.3 Å². The largest absolute Gasteiger partial charge is 0.493 e. The van der Waals surface area contributed by atoms with Crippen molar-refractivity contribution in [3.05, 3.63) is 63.9 Å². The average Bonchev–Trinajstić information content (AvgIpc) is 3.35. The molecule has 1 atom stereocenters. The Labute approximate surface area is 191 Å². The Kier molecular flexibility index (Phi) is 7.48. The number of fused-ring (bicyclic) bond motifs is 1. The summed E-state index contributed by atoms with van der Waals surface area (Å²) < 4.78 is 7.74. The maximum atomic E-state index is 5.78. The minimum Gasteiger partial charge on any atom is -0.493 e. The lowest BCUT2D eigenvalue weighted by Gasteiger charge is -2.28. The number of hydrogen-bond donors (Lipinski definition) is 2. The molecule has 9 heteroatoms. The van der Waals surface area contributed by atoms with Crippen LogP contribution in [-0.2, 0) is 20.1 Å². The topological polar surface area (TPSA) is 76.4 Å². The van der Waals surface area contributed by atoms with Crippen molar-refractivity contribution in [2.75, 3.05) is 6.61 Å². The number of aryl methyl sites for hydroxylation is 1. The molecule has 1 aliphatic heterocycles. The molecule has 0 amide bonds. The van der Waals surface area contributed by atoms with E-state index in [1.54, 1.807) is 11.3 Å². The van der Waals surface area contributed by atoms with Crippen LogP contribution in [0.5, 0.6) is 5.75 Å². The fraction of sp³-hybridized carbons (Fsp3) is 0.350. The van der Waals surface area contributed by atoms with E-state index in [0.29, 0.717) is 13.2 Å². The number of thiophene rings is 1. The van der Waals surface area contributed by atoms with Crippen molar-refractivity contribution in [3.8, 4) is 5.75 Å². The molecule has 0 spiro atoms. The van der Waals surface area contributed by atoms with Crippen molar-refractivity contribution in [3.63, 3.8) is 0 Å². The number of aliphatic imine (C=N–C) groups is 1. The van der Waals surface area contributed by atoms with E-state index in [2.05, 4.69) is 44.4 Å². The molecule has 1 aliphatic rings. The lowest BCUT2D eigenvalue weighted by Crippen LogP contribution is -2.40. The van der Waals surface area contributed by atoms with Gasteiger partial charge in [0.1, 0.15) is 18.1 Å². The third-order valence-electron chi connectivity index (χ3n) is 4.84. The molecular weight excluding hydrogens is 499 g/mol. The molecule has 0 fully saturated rings. The molecule has 2 aromatic heterocycles. The third kappa shape index (κ3) is 5.27. The Bertz CT molecular complexity index is 956. The van der Waals surface area contributed by atoms with E-state index in [4.69, 9.17) is 9.73 Å². The molecule has 0 saturated carbocycles. The Morgan fingerprint density at radius 3 is 2.90 bits per heavy atom. The zero-order valence-corrected chi connectivity index (χ0v) is 19.6. The second-order valence-electron chi connectivity index (χ2n) is 6.69. The van der Waals surface area contributed by atoms with Crippen LogP contribution >= 0.6 is 35.3 Å². The Morgan fingerprint density at radius 1 is 1.28 bits per heavy atom. The zero-order chi connectivity index (χ0) is 19.3. The molecule has 29 heavy (non-hydrogen) atoms. The van der Waals surface area contributed by atoms with E-state index in [9.17, 15) is 0 Å². The highest BCUT2D eigenvalue weighted by molar-refractivity contribution is 14.0. The molecule has 1 aromatic carbocycles. The number of guanidine groups is 1. The highest BCUT2D eigenvalue weighted by Crippen LogP contribution is 2.31. The van der Waals surface area contributed by atoms with Crippen molar-refractivity contribution in [1.82, 2.24) is 25.4 Å². The van der Waals surface area contributed by atoms with Crippen molar-refractivity contribution in [1.29, 1.82) is 0 Å². The average molecular weight is 524 g/mol. The van der Waals surface area contributed by atoms with Gasteiger partial charge in [0.2, 0.25) is 0 Å². The van der Waals surface area contributed by atoms with Gasteiger partial charge in [-0.25, -0.2) is 4.99 Å². The summed E-state index contributed by atoms with van der Waals surface area (Å²) in [6.45, 7) is 3.82. The summed E-state index contributed by atoms with van der Waals surface area (Å²) in [5.41, 5.74) is 1.16. The van der Waals surface area contributed by atoms with Crippen molar-refractivity contribution < 1.29 is 4.74 Å². The van der Waals surface area contributed by atoms with Gasteiger partial charge in [-0.3, -0.25) is 0 Å². The Balaban J connectivity index is 0.00000240. The summed E-state index contributed by atoms with van der Waals surface area (Å²) >= 11 is 1.73. The number of nitrogens with one attached hydrogen (secondary N) is 2. The number of rotatable bonds is 5. The Hall–Kier alpha value is -2.14. The van der Waals surface area contributed by atoms with Crippen LogP contribution in [0.1, 0.15) is 34.6 Å². The number of hydrogen-bond acceptors (Lipinski definition) is 5. The van der Waals surface area contributed by atoms with Crippen molar-refractivity contribution in [2.24, 2.45) is 12.0 Å². The monoisotopic (exact) mass is 524 g/mol. The molecule has 0 saturated heterocycles. The smallest absolute Gasteiger partial charge is 0.192 e. The molecule has 3 heterocycles. The van der Waals surface area contributed by atoms with Crippen LogP contribution in [0.3, 0.4) is 0 Å². The quantitative estimate of drug-likeness (QED) is 0.303. The fourth-order valence-electron chi connectivity index (χ4n) is 3.13. The molecule has 7 nitrogen and oxygen atoms in total. The first-order chi connectivity index (χ1) is 13.7. The van der Waals surface area contributed by atoms with Gasteiger partial charge in [-0.2, -0.15) is 0 Å². The summed E-state index contributed by atoms with van der Waals surface area (Å²) in [6.07, 6.45) is 0.889. The lowest BCUT2D eigenvalue weighted by atomic mass is 10.0. The number of nitrogens with zero attached hydrogens (tertiary/aromatic N) is 4. The molecule has 0 bridgehead atoms. The zero-order valence-electron chi connectivity index (χ0n) is 16.5. The summed E-state index contributed by atoms with van der Waals surface area (Å²) in [6, 6.07) is 12.5. The van der Waals surface area contributed by atoms with E-state index in [1.165, 1.54) is 4.88 Å². The van der Waals surface area contributed by atoms with Gasteiger partial charge in [0.15, 0.2) is 11.8 Å². The minimum absolute atomic E-state index is 0. The molecule has 0 radical (unpaired) electrons. The van der Waals surface area contributed by atoms with Gasteiger partial charge in [-0.15, -0.1) is 45.5 Å². The lowest BCUT2D eigenvalue weighted by molar-refractivity contribution is 0.261. The molecule has 0 aliphatic carbocycles. The molecule has 154 valence electrons. The van der Waals surface area contributed by atoms with Crippen LogP contribution in [0.4, 0.5) is 0 Å². The van der Waals surface area contributed by atoms with Gasteiger partial charge in [-0.05, 0) is 24.4 Å². The molecule has 2 N–H and O–H groups in total. The highest BCUT2D eigenvalue weighted by Gasteiger charge is 2.22. The van der Waals surface area contributed by atoms with E-state index in [-0.39, 0.29) is 30.0 Å². The predicted octanol–water partition coefficient (Wildman–Crippen LogP) is 3.56. The van der Waals surface area contributed by atoms with Gasteiger partial charge < -0.3 is 19.9 Å². The summed E-state index contributed by atoms with van der Waals surface area (Å²) in [5, 5.41) is 17.4. The molecule has 4 rings (SSSR count). The van der Waals surface area contributed by atoms with Gasteiger partial charge in [0.25, 0.3) is 0 Å². The van der Waals surface area contributed by atoms with Crippen molar-refractivity contribution in [2.45, 2.75) is 32.5 Å². The Morgan fingerprint density at radius 2 is 2.14 bits per heavy atom. The maximum absolute atomic E-state index is 5.78. The van der Waals surface area contributed by atoms with Gasteiger partial charge in [0, 0.05) is 23.9 Å². The van der Waals surface area contributed by atoms with E-state index in [0.717, 1.165) is 41.9 Å². The van der Waals surface area contributed by atoms with Crippen LogP contribution in [0, 0.1) is 6.92 Å². The van der Waals surface area contributed by atoms with Crippen LogP contribution < -0.4 is 15.4 Å². The number of ether oxygens (including phenoxy) is 1. The highest BCUT2D eigenvalue weighted by atomic mass is 127. The maximum Gasteiger partial charge on any atom is 0.192 e. The van der Waals surface area contributed by atoms with Crippen LogP contribution in [0.2, 0.25) is 0 Å². The summed E-state index contributed by atoms with van der Waals surface area (Å²) in [5.74, 6) is 3.41. The van der Waals surface area contributed by atoms with Crippen LogP contribution in [0.15, 0.2) is 46.8 Å². The summed E-state index contributed by atoms with van der Waals surface area (Å²) in [4.78, 5) is 6.03. The normalized spacial score (nSPS) is 15.8. The minimum atomic E-state index is 0. The van der Waals surface area contributed by atoms with Gasteiger partial charge in [-0.1, -0.05) is 24.3 Å². The van der Waals surface area contributed by atoms with E-state index in [1.807, 2.05) is 36.7 Å². The van der Waals surface area contributed by atoms with E-state index < -0.39 is 0 Å². The molecular formula is C20H25IN6OS. The van der Waals surface area contributed by atoms with Gasteiger partial charge in [0.05, 0.1) is 19.2 Å². The standard InChI is InChI=1S/C20H24N6OS.HI/c1-14-24-25-19(26(14)2)13-22-20(21-12-15-6-5-11-28-15)23-17-9-10-27-18-8-4-3-7-16(17)18;/h3-8,11,17H,9-10,12-13H2,1-2H3,(H2,21,22,23);1H. The number of benzene rings is 1. The van der Waals surface area contributed by atoms with Gasteiger partial charge >= 0.3 is 0 Å². The third-order valence-corrected chi connectivity index (χ3v) is 5.72. The van der Waals surface area contributed by atoms with E-state index >= 15 is 0 Å². The summed E-state index contributed by atoms with van der Waals surface area (Å²) in [7, 11) is 1.96. The first kappa shape index (κ1) is 21.6. The number of aromatic nitrogens is 3. The second-order valence-corrected chi connectivity index (χ2v) is 7.72. The first-order valence-electron chi connectivity index (χ1n) is 9.34. The van der Waals surface area contributed by atoms with Crippen LogP contribution in [0.25, 0.3) is 0 Å². The number of para-hydroxylation sites is 1. The predicted molar refractivity (Wildman–Crippen MR) is 126 cm³/mol.